The van der Waals surface area contributed by atoms with E-state index < -0.39 is 32.1 Å². The third-order valence-electron chi connectivity index (χ3n) is 9.17. The van der Waals surface area contributed by atoms with E-state index in [9.17, 15) is 26.7 Å². The quantitative estimate of drug-likeness (QED) is 0.167. The van der Waals surface area contributed by atoms with Gasteiger partial charge in [-0.15, -0.1) is 11.3 Å². The molecule has 5 rings (SSSR count). The average Bonchev–Trinajstić information content (AvgIpc) is 3.40. The molecule has 1 unspecified atom stereocenters. The van der Waals surface area contributed by atoms with Crippen LogP contribution in [0.25, 0.3) is 0 Å². The van der Waals surface area contributed by atoms with Crippen LogP contribution in [0.1, 0.15) is 56.9 Å². The molecule has 4 heterocycles. The lowest BCUT2D eigenvalue weighted by molar-refractivity contribution is -0.137. The molecule has 2 fully saturated rings. The molecule has 0 aliphatic carbocycles. The van der Waals surface area contributed by atoms with Gasteiger partial charge in [-0.05, 0) is 106 Å². The maximum absolute atomic E-state index is 13.3. The number of hydrogen-bond acceptors (Lipinski definition) is 8. The topological polar surface area (TPSA) is 137 Å². The van der Waals surface area contributed by atoms with Crippen LogP contribution in [0.5, 0.6) is 0 Å². The SMILES string of the molecule is O=C(O)CC(Cc1ccc(Cl)cc1)NS(=O)(=O)c1cnc(N2CCC(CCCC3CCN(S(=O)(=O)c4cc(Br)c(Cl)s4)CC3)CC2)c(Br)c1. The summed E-state index contributed by atoms with van der Waals surface area (Å²) in [4.78, 5) is 18.1. The van der Waals surface area contributed by atoms with Gasteiger partial charge in [-0.25, -0.2) is 26.5 Å². The van der Waals surface area contributed by atoms with Crippen LogP contribution in [0.15, 0.2) is 60.6 Å². The Morgan fingerprint density at radius 3 is 2.12 bits per heavy atom. The Bertz CT molecular complexity index is 1810. The number of rotatable bonds is 14. The molecular formula is C32H38Br2Cl2N4O6S3. The summed E-state index contributed by atoms with van der Waals surface area (Å²) in [7, 11) is -7.56. The second kappa shape index (κ2) is 17.0. The molecule has 1 aromatic carbocycles. The summed E-state index contributed by atoms with van der Waals surface area (Å²) in [6, 6.07) is 9.08. The molecule has 17 heteroatoms. The Hall–Kier alpha value is -1.30. The summed E-state index contributed by atoms with van der Waals surface area (Å²) in [6.07, 6.45) is 8.20. The number of carbonyl (C=O) groups is 1. The molecule has 10 nitrogen and oxygen atoms in total. The number of aromatic nitrogens is 1. The lowest BCUT2D eigenvalue weighted by Crippen LogP contribution is -2.38. The van der Waals surface area contributed by atoms with Crippen molar-refractivity contribution in [3.8, 4) is 0 Å². The molecule has 49 heavy (non-hydrogen) atoms. The van der Waals surface area contributed by atoms with Gasteiger partial charge in [0.15, 0.2) is 0 Å². The highest BCUT2D eigenvalue weighted by atomic mass is 79.9. The normalized spacial score (nSPS) is 17.8. The molecule has 268 valence electrons. The molecule has 2 aromatic heterocycles. The minimum absolute atomic E-state index is 0.0445. The summed E-state index contributed by atoms with van der Waals surface area (Å²) < 4.78 is 58.6. The number of hydrogen-bond donors (Lipinski definition) is 2. The second-order valence-electron chi connectivity index (χ2n) is 12.6. The van der Waals surface area contributed by atoms with Crippen molar-refractivity contribution in [2.75, 3.05) is 31.1 Å². The van der Waals surface area contributed by atoms with Crippen molar-refractivity contribution in [3.63, 3.8) is 0 Å². The van der Waals surface area contributed by atoms with Gasteiger partial charge in [0, 0.05) is 47.9 Å². The van der Waals surface area contributed by atoms with Gasteiger partial charge >= 0.3 is 5.97 Å². The molecule has 3 aromatic rings. The van der Waals surface area contributed by atoms with Crippen LogP contribution >= 0.6 is 66.4 Å². The van der Waals surface area contributed by atoms with Crippen molar-refractivity contribution < 1.29 is 26.7 Å². The number of pyridine rings is 1. The van der Waals surface area contributed by atoms with E-state index in [4.69, 9.17) is 23.2 Å². The number of carboxylic acid groups (broad SMARTS) is 1. The molecule has 1 atom stereocenters. The van der Waals surface area contributed by atoms with Gasteiger partial charge < -0.3 is 10.0 Å². The second-order valence-corrected chi connectivity index (χ2v) is 20.3. The highest BCUT2D eigenvalue weighted by Gasteiger charge is 2.32. The Kier molecular flexibility index (Phi) is 13.5. The highest BCUT2D eigenvalue weighted by molar-refractivity contribution is 9.11. The Balaban J connectivity index is 1.07. The number of benzene rings is 1. The van der Waals surface area contributed by atoms with Crippen molar-refractivity contribution >= 4 is 98.2 Å². The van der Waals surface area contributed by atoms with E-state index in [1.165, 1.54) is 12.3 Å². The fourth-order valence-electron chi connectivity index (χ4n) is 6.50. The molecule has 2 saturated heterocycles. The monoisotopic (exact) mass is 898 g/mol. The fourth-order valence-corrected chi connectivity index (χ4v) is 12.5. The van der Waals surface area contributed by atoms with Crippen LogP contribution in [-0.4, -0.2) is 69.4 Å². The molecule has 2 aliphatic heterocycles. The molecule has 0 saturated carbocycles. The van der Waals surface area contributed by atoms with Crippen LogP contribution in [0, 0.1) is 11.8 Å². The van der Waals surface area contributed by atoms with Crippen molar-refractivity contribution in [1.29, 1.82) is 0 Å². The van der Waals surface area contributed by atoms with Gasteiger partial charge in [-0.2, -0.15) is 4.31 Å². The third-order valence-corrected chi connectivity index (χ3v) is 16.3. The van der Waals surface area contributed by atoms with E-state index in [0.29, 0.717) is 49.0 Å². The largest absolute Gasteiger partial charge is 0.481 e. The van der Waals surface area contributed by atoms with Gasteiger partial charge in [0.25, 0.3) is 10.0 Å². The predicted octanol–water partition coefficient (Wildman–Crippen LogP) is 7.83. The summed E-state index contributed by atoms with van der Waals surface area (Å²) >= 11 is 19.9. The number of aliphatic carboxylic acids is 1. The van der Waals surface area contributed by atoms with Crippen LogP contribution in [-0.2, 0) is 31.3 Å². The number of carboxylic acids is 1. The Morgan fingerprint density at radius 2 is 1.57 bits per heavy atom. The van der Waals surface area contributed by atoms with Crippen molar-refractivity contribution in [1.82, 2.24) is 14.0 Å². The number of halogens is 4. The number of thiophene rings is 1. The molecule has 0 spiro atoms. The maximum atomic E-state index is 13.3. The molecule has 0 amide bonds. The minimum atomic E-state index is -4.04. The van der Waals surface area contributed by atoms with E-state index >= 15 is 0 Å². The standard InChI is InChI=1S/C32H38Br2Cl2N4O6S3/c33-27-19-30(47-31(27)36)49(45,46)40-14-10-22(11-15-40)3-1-2-21-8-12-39(13-9-21)32-28(34)18-26(20-37-32)48(43,44)38-25(17-29(41)42)16-23-4-6-24(35)7-5-23/h4-7,18-22,25,38H,1-3,8-17H2,(H,41,42). The first-order valence-corrected chi connectivity index (χ1v) is 22.1. The molecular weight excluding hydrogens is 863 g/mol. The Morgan fingerprint density at radius 1 is 0.959 bits per heavy atom. The molecule has 0 bridgehead atoms. The average molecular weight is 902 g/mol. The van der Waals surface area contributed by atoms with Gasteiger partial charge in [-0.3, -0.25) is 4.79 Å². The summed E-state index contributed by atoms with van der Waals surface area (Å²) in [5, 5.41) is 9.93. The first-order chi connectivity index (χ1) is 23.2. The summed E-state index contributed by atoms with van der Waals surface area (Å²) in [5.41, 5.74) is 0.764. The van der Waals surface area contributed by atoms with Crippen LogP contribution in [0.4, 0.5) is 5.82 Å². The number of sulfonamides is 2. The van der Waals surface area contributed by atoms with E-state index in [2.05, 4.69) is 46.5 Å². The Labute approximate surface area is 318 Å². The number of anilines is 1. The first kappa shape index (κ1) is 38.9. The van der Waals surface area contributed by atoms with E-state index in [0.717, 1.165) is 74.9 Å². The van der Waals surface area contributed by atoms with Gasteiger partial charge in [0.2, 0.25) is 10.0 Å². The van der Waals surface area contributed by atoms with E-state index in [-0.39, 0.29) is 21.9 Å². The predicted molar refractivity (Wildman–Crippen MR) is 201 cm³/mol. The lowest BCUT2D eigenvalue weighted by Gasteiger charge is -2.34. The first-order valence-electron chi connectivity index (χ1n) is 16.1. The van der Waals surface area contributed by atoms with Gasteiger partial charge in [-0.1, -0.05) is 54.6 Å². The number of nitrogens with one attached hydrogen (secondary N) is 1. The third kappa shape index (κ3) is 10.4. The van der Waals surface area contributed by atoms with Crippen LogP contribution in [0.3, 0.4) is 0 Å². The van der Waals surface area contributed by atoms with Crippen molar-refractivity contribution in [2.45, 2.75) is 72.9 Å². The smallest absolute Gasteiger partial charge is 0.304 e. The lowest BCUT2D eigenvalue weighted by atomic mass is 9.87. The molecule has 2 N–H and O–H groups in total. The summed E-state index contributed by atoms with van der Waals surface area (Å²) in [5.74, 6) is 0.683. The van der Waals surface area contributed by atoms with Crippen molar-refractivity contribution in [2.24, 2.45) is 11.8 Å². The van der Waals surface area contributed by atoms with Crippen LogP contribution in [0.2, 0.25) is 9.36 Å². The van der Waals surface area contributed by atoms with Crippen molar-refractivity contribution in [3.05, 3.63) is 66.5 Å². The summed E-state index contributed by atoms with van der Waals surface area (Å²) in [6.45, 7) is 2.68. The fraction of sp³-hybridized carbons (Fsp3) is 0.500. The van der Waals surface area contributed by atoms with Gasteiger partial charge in [0.1, 0.15) is 19.3 Å². The molecule has 0 radical (unpaired) electrons. The highest BCUT2D eigenvalue weighted by Crippen LogP contribution is 2.38. The zero-order chi connectivity index (χ0) is 35.3. The maximum Gasteiger partial charge on any atom is 0.304 e. The molecule has 2 aliphatic rings. The minimum Gasteiger partial charge on any atom is -0.481 e. The zero-order valence-electron chi connectivity index (χ0n) is 26.5. The zero-order valence-corrected chi connectivity index (χ0v) is 33.7. The number of piperidine rings is 2. The number of nitrogens with zero attached hydrogens (tertiary/aromatic N) is 3. The van der Waals surface area contributed by atoms with E-state index in [1.54, 1.807) is 34.6 Å². The van der Waals surface area contributed by atoms with Crippen LogP contribution < -0.4 is 9.62 Å². The van der Waals surface area contributed by atoms with E-state index in [1.807, 2.05) is 0 Å². The van der Waals surface area contributed by atoms with Gasteiger partial charge in [0.05, 0.1) is 10.9 Å².